The van der Waals surface area contributed by atoms with Crippen molar-refractivity contribution >= 4 is 35.4 Å². The molecule has 2 saturated heterocycles. The number of halogens is 2. The molecule has 0 spiro atoms. The number of carbonyl (C=O) groups is 5. The minimum Gasteiger partial charge on any atom is -0.446 e. The number of amides is 5. The van der Waals surface area contributed by atoms with Crippen molar-refractivity contribution < 1.29 is 37.5 Å². The van der Waals surface area contributed by atoms with Gasteiger partial charge >= 0.3 is 6.09 Å². The first-order valence-electron chi connectivity index (χ1n) is 13.5. The standard InChI is InChI=1S/C27H28F2N6O6/c28-27(29)10-17(11-27)41-26(40)33-8-6-16(7-9-33)34-14-15(13-31-34)12-30-19-3-1-2-18-22(19)25(39)35(24(18)38)20-4-5-21(36)32-23(20)37/h1-3,13-14,16-17,20,30H,4-12H2,(H,32,36,37). The number of hydrogen-bond donors (Lipinski definition) is 2. The minimum atomic E-state index is -2.74. The van der Waals surface area contributed by atoms with E-state index in [0.29, 0.717) is 38.2 Å². The summed E-state index contributed by atoms with van der Waals surface area (Å²) in [6, 6.07) is 3.88. The van der Waals surface area contributed by atoms with Gasteiger partial charge in [-0.15, -0.1) is 0 Å². The molecule has 41 heavy (non-hydrogen) atoms. The van der Waals surface area contributed by atoms with Crippen molar-refractivity contribution in [2.24, 2.45) is 0 Å². The number of likely N-dealkylation sites (tertiary alicyclic amines) is 1. The molecule has 14 heteroatoms. The van der Waals surface area contributed by atoms with Gasteiger partial charge in [-0.05, 0) is 31.4 Å². The Morgan fingerprint density at radius 2 is 1.85 bits per heavy atom. The van der Waals surface area contributed by atoms with Gasteiger partial charge in [0.05, 0.1) is 23.4 Å². The van der Waals surface area contributed by atoms with E-state index >= 15 is 0 Å². The van der Waals surface area contributed by atoms with Crippen LogP contribution in [0.25, 0.3) is 0 Å². The molecule has 0 bridgehead atoms. The summed E-state index contributed by atoms with van der Waals surface area (Å²) < 4.78 is 33.0. The molecule has 4 aliphatic rings. The zero-order chi connectivity index (χ0) is 28.9. The average molecular weight is 571 g/mol. The topological polar surface area (TPSA) is 143 Å². The lowest BCUT2D eigenvalue weighted by molar-refractivity contribution is -0.148. The van der Waals surface area contributed by atoms with Crippen LogP contribution in [0, 0.1) is 0 Å². The van der Waals surface area contributed by atoms with Crippen molar-refractivity contribution in [1.29, 1.82) is 0 Å². The van der Waals surface area contributed by atoms with Gasteiger partial charge < -0.3 is 15.0 Å². The van der Waals surface area contributed by atoms with Gasteiger partial charge in [-0.25, -0.2) is 13.6 Å². The molecule has 1 saturated carbocycles. The van der Waals surface area contributed by atoms with E-state index in [9.17, 15) is 32.8 Å². The molecule has 3 fully saturated rings. The molecule has 1 aromatic heterocycles. The van der Waals surface area contributed by atoms with Crippen LogP contribution in [0.2, 0.25) is 0 Å². The van der Waals surface area contributed by atoms with Gasteiger partial charge in [0.1, 0.15) is 12.1 Å². The SMILES string of the molecule is O=C1CCC(N2C(=O)c3cccc(NCc4cnn(C5CCN(C(=O)OC6CC(F)(F)C6)CC5)c4)c3C2=O)C(=O)N1. The predicted molar refractivity (Wildman–Crippen MR) is 137 cm³/mol. The van der Waals surface area contributed by atoms with Gasteiger partial charge in [0.2, 0.25) is 11.8 Å². The maximum Gasteiger partial charge on any atom is 0.410 e. The molecule has 1 unspecified atom stereocenters. The first kappa shape index (κ1) is 26.8. The lowest BCUT2D eigenvalue weighted by Gasteiger charge is -2.37. The van der Waals surface area contributed by atoms with Crippen LogP contribution in [0.4, 0.5) is 19.3 Å². The van der Waals surface area contributed by atoms with Crippen LogP contribution >= 0.6 is 0 Å². The van der Waals surface area contributed by atoms with E-state index in [-0.39, 0.29) is 30.0 Å². The Hall–Kier alpha value is -4.36. The molecule has 3 aliphatic heterocycles. The molecule has 6 rings (SSSR count). The van der Waals surface area contributed by atoms with E-state index in [1.165, 1.54) is 11.0 Å². The molecule has 0 radical (unpaired) electrons. The van der Waals surface area contributed by atoms with Crippen molar-refractivity contribution in [2.75, 3.05) is 18.4 Å². The number of alkyl halides is 2. The van der Waals surface area contributed by atoms with Gasteiger partial charge in [0.15, 0.2) is 0 Å². The average Bonchev–Trinajstić information content (AvgIpc) is 3.50. The largest absolute Gasteiger partial charge is 0.446 e. The van der Waals surface area contributed by atoms with Gasteiger partial charge in [-0.2, -0.15) is 5.10 Å². The second-order valence-electron chi connectivity index (χ2n) is 10.8. The molecule has 12 nitrogen and oxygen atoms in total. The zero-order valence-electron chi connectivity index (χ0n) is 22.0. The van der Waals surface area contributed by atoms with Crippen LogP contribution in [0.15, 0.2) is 30.6 Å². The van der Waals surface area contributed by atoms with Crippen LogP contribution in [0.3, 0.4) is 0 Å². The highest BCUT2D eigenvalue weighted by Gasteiger charge is 2.48. The van der Waals surface area contributed by atoms with Gasteiger partial charge in [0.25, 0.3) is 17.7 Å². The molecule has 1 atom stereocenters. The number of rotatable bonds is 6. The molecular formula is C27H28F2N6O6. The Morgan fingerprint density at radius 1 is 1.10 bits per heavy atom. The Morgan fingerprint density at radius 3 is 2.56 bits per heavy atom. The molecule has 5 amide bonds. The number of ether oxygens (including phenoxy) is 1. The van der Waals surface area contributed by atoms with Crippen LogP contribution < -0.4 is 10.6 Å². The highest BCUT2D eigenvalue weighted by atomic mass is 19.3. The molecule has 216 valence electrons. The van der Waals surface area contributed by atoms with Gasteiger partial charge in [-0.1, -0.05) is 6.07 Å². The predicted octanol–water partition coefficient (Wildman–Crippen LogP) is 2.47. The Labute approximate surface area is 233 Å². The highest BCUT2D eigenvalue weighted by molar-refractivity contribution is 6.25. The summed E-state index contributed by atoms with van der Waals surface area (Å²) in [7, 11) is 0. The number of fused-ring (bicyclic) bond motifs is 1. The first-order chi connectivity index (χ1) is 19.6. The monoisotopic (exact) mass is 570 g/mol. The third kappa shape index (κ3) is 5.13. The normalized spacial score (nSPS) is 22.8. The van der Waals surface area contributed by atoms with Crippen LogP contribution in [-0.2, 0) is 20.9 Å². The van der Waals surface area contributed by atoms with Crippen molar-refractivity contribution in [1.82, 2.24) is 24.9 Å². The summed E-state index contributed by atoms with van der Waals surface area (Å²) in [4.78, 5) is 64.9. The van der Waals surface area contributed by atoms with E-state index in [2.05, 4.69) is 15.7 Å². The Kier molecular flexibility index (Phi) is 6.70. The molecule has 1 aliphatic carbocycles. The summed E-state index contributed by atoms with van der Waals surface area (Å²) in [6.45, 7) is 1.17. The molecule has 2 aromatic rings. The van der Waals surface area contributed by atoms with Crippen molar-refractivity contribution in [3.8, 4) is 0 Å². The lowest BCUT2D eigenvalue weighted by atomic mass is 9.91. The van der Waals surface area contributed by atoms with Crippen LogP contribution in [0.1, 0.15) is 70.8 Å². The highest BCUT2D eigenvalue weighted by Crippen LogP contribution is 2.39. The maximum absolute atomic E-state index is 13.3. The summed E-state index contributed by atoms with van der Waals surface area (Å²) >= 11 is 0. The number of benzene rings is 1. The summed E-state index contributed by atoms with van der Waals surface area (Å²) in [5.41, 5.74) is 1.64. The number of imide groups is 2. The number of nitrogens with one attached hydrogen (secondary N) is 2. The van der Waals surface area contributed by atoms with E-state index in [1.54, 1.807) is 18.3 Å². The molecular weight excluding hydrogens is 542 g/mol. The quantitative estimate of drug-likeness (QED) is 0.505. The molecule has 1 aromatic carbocycles. The number of carbonyl (C=O) groups excluding carboxylic acids is 5. The number of hydrogen-bond acceptors (Lipinski definition) is 8. The number of nitrogens with zero attached hydrogens (tertiary/aromatic N) is 4. The smallest absolute Gasteiger partial charge is 0.410 e. The van der Waals surface area contributed by atoms with Crippen LogP contribution in [0.5, 0.6) is 0 Å². The van der Waals surface area contributed by atoms with Gasteiger partial charge in [0, 0.05) is 56.3 Å². The number of piperidine rings is 2. The Bertz CT molecular complexity index is 1430. The van der Waals surface area contributed by atoms with E-state index in [1.807, 2.05) is 10.9 Å². The molecule has 4 heterocycles. The lowest BCUT2D eigenvalue weighted by Crippen LogP contribution is -2.54. The number of anilines is 1. The summed E-state index contributed by atoms with van der Waals surface area (Å²) in [5.74, 6) is -5.00. The zero-order valence-corrected chi connectivity index (χ0v) is 22.0. The van der Waals surface area contributed by atoms with Gasteiger partial charge in [-0.3, -0.25) is 34.1 Å². The van der Waals surface area contributed by atoms with Crippen LogP contribution in [-0.4, -0.2) is 80.5 Å². The van der Waals surface area contributed by atoms with Crippen molar-refractivity contribution in [2.45, 2.75) is 69.2 Å². The third-order valence-electron chi connectivity index (χ3n) is 8.02. The second-order valence-corrected chi connectivity index (χ2v) is 10.8. The Balaban J connectivity index is 1.05. The maximum atomic E-state index is 13.3. The second kappa shape index (κ2) is 10.2. The van der Waals surface area contributed by atoms with E-state index < -0.39 is 60.6 Å². The van der Waals surface area contributed by atoms with E-state index in [4.69, 9.17) is 4.74 Å². The fraction of sp³-hybridized carbons (Fsp3) is 0.481. The van der Waals surface area contributed by atoms with E-state index in [0.717, 1.165) is 10.5 Å². The van der Waals surface area contributed by atoms with Crippen molar-refractivity contribution in [3.05, 3.63) is 47.3 Å². The minimum absolute atomic E-state index is 0.0445. The fourth-order valence-electron chi connectivity index (χ4n) is 5.75. The van der Waals surface area contributed by atoms with Crippen molar-refractivity contribution in [3.63, 3.8) is 0 Å². The summed E-state index contributed by atoms with van der Waals surface area (Å²) in [6.07, 6.45) is 2.81. The molecule has 2 N–H and O–H groups in total. The summed E-state index contributed by atoms with van der Waals surface area (Å²) in [5, 5.41) is 9.84. The fourth-order valence-corrected chi connectivity index (χ4v) is 5.75. The first-order valence-corrected chi connectivity index (χ1v) is 13.5. The third-order valence-corrected chi connectivity index (χ3v) is 8.02. The number of aromatic nitrogens is 2.